The van der Waals surface area contributed by atoms with Crippen LogP contribution >= 0.6 is 0 Å². The summed E-state index contributed by atoms with van der Waals surface area (Å²) in [5.74, 6) is -0.692. The first-order valence-electron chi connectivity index (χ1n) is 10.9. The minimum Gasteiger partial charge on any atom is -0.449 e. The van der Waals surface area contributed by atoms with E-state index < -0.39 is 12.1 Å². The number of amides is 1. The van der Waals surface area contributed by atoms with Crippen LogP contribution in [-0.2, 0) is 22.6 Å². The number of nitrogens with zero attached hydrogens (tertiary/aromatic N) is 4. The molecule has 7 heteroatoms. The molecule has 0 spiro atoms. The van der Waals surface area contributed by atoms with Crippen molar-refractivity contribution in [2.75, 3.05) is 26.2 Å². The first kappa shape index (κ1) is 21.8. The van der Waals surface area contributed by atoms with Crippen LogP contribution in [0, 0.1) is 0 Å². The molecule has 1 saturated heterocycles. The van der Waals surface area contributed by atoms with Gasteiger partial charge in [0.2, 0.25) is 0 Å². The van der Waals surface area contributed by atoms with Gasteiger partial charge in [-0.2, -0.15) is 5.10 Å². The zero-order valence-electron chi connectivity index (χ0n) is 18.3. The predicted octanol–water partition coefficient (Wildman–Crippen LogP) is 2.82. The van der Waals surface area contributed by atoms with Gasteiger partial charge in [-0.05, 0) is 18.1 Å². The molecule has 2 heterocycles. The van der Waals surface area contributed by atoms with E-state index in [0.29, 0.717) is 25.2 Å². The SMILES string of the molecule is CC(OC(=O)c1cnn(Cc2ccccc2)c1)C(=O)N1CCN(Cc2ccccc2)CC1. The Hall–Kier alpha value is -3.45. The average Bonchev–Trinajstić information content (AvgIpc) is 3.29. The number of carbonyl (C=O) groups is 2. The lowest BCUT2D eigenvalue weighted by molar-refractivity contribution is -0.141. The molecule has 32 heavy (non-hydrogen) atoms. The van der Waals surface area contributed by atoms with Crippen LogP contribution in [0.4, 0.5) is 0 Å². The molecule has 0 saturated carbocycles. The average molecular weight is 433 g/mol. The summed E-state index contributed by atoms with van der Waals surface area (Å²) >= 11 is 0. The number of benzene rings is 2. The second-order valence-electron chi connectivity index (χ2n) is 8.05. The topological polar surface area (TPSA) is 67.7 Å². The van der Waals surface area contributed by atoms with Crippen molar-refractivity contribution in [3.8, 4) is 0 Å². The van der Waals surface area contributed by atoms with Gasteiger partial charge in [0.15, 0.2) is 6.10 Å². The first-order valence-corrected chi connectivity index (χ1v) is 10.9. The van der Waals surface area contributed by atoms with Gasteiger partial charge in [-0.3, -0.25) is 14.4 Å². The van der Waals surface area contributed by atoms with Crippen molar-refractivity contribution in [1.82, 2.24) is 19.6 Å². The maximum absolute atomic E-state index is 12.8. The predicted molar refractivity (Wildman–Crippen MR) is 121 cm³/mol. The highest BCUT2D eigenvalue weighted by Crippen LogP contribution is 2.12. The molecule has 2 aromatic carbocycles. The fraction of sp³-hybridized carbons (Fsp3) is 0.320. The molecule has 1 aliphatic heterocycles. The van der Waals surface area contributed by atoms with Crippen molar-refractivity contribution in [3.63, 3.8) is 0 Å². The normalized spacial score (nSPS) is 15.3. The number of aromatic nitrogens is 2. The number of piperazine rings is 1. The number of hydrogen-bond acceptors (Lipinski definition) is 5. The fourth-order valence-corrected chi connectivity index (χ4v) is 3.83. The van der Waals surface area contributed by atoms with Crippen molar-refractivity contribution < 1.29 is 14.3 Å². The number of ether oxygens (including phenoxy) is 1. The Labute approximate surface area is 188 Å². The van der Waals surface area contributed by atoms with Crippen LogP contribution in [0.5, 0.6) is 0 Å². The molecule has 1 unspecified atom stereocenters. The van der Waals surface area contributed by atoms with Gasteiger partial charge < -0.3 is 9.64 Å². The summed E-state index contributed by atoms with van der Waals surface area (Å²) in [4.78, 5) is 29.4. The number of hydrogen-bond donors (Lipinski definition) is 0. The minimum atomic E-state index is -0.833. The third-order valence-electron chi connectivity index (χ3n) is 5.62. The second-order valence-corrected chi connectivity index (χ2v) is 8.05. The van der Waals surface area contributed by atoms with Crippen LogP contribution in [-0.4, -0.2) is 63.7 Å². The molecule has 166 valence electrons. The summed E-state index contributed by atoms with van der Waals surface area (Å²) < 4.78 is 7.13. The van der Waals surface area contributed by atoms with E-state index in [0.717, 1.165) is 25.2 Å². The highest BCUT2D eigenvalue weighted by molar-refractivity contribution is 5.91. The Morgan fingerprint density at radius 1 is 0.906 bits per heavy atom. The number of carbonyl (C=O) groups excluding carboxylic acids is 2. The van der Waals surface area contributed by atoms with E-state index in [2.05, 4.69) is 22.1 Å². The minimum absolute atomic E-state index is 0.158. The molecule has 1 aromatic heterocycles. The smallest absolute Gasteiger partial charge is 0.342 e. The summed E-state index contributed by atoms with van der Waals surface area (Å²) in [5, 5.41) is 4.23. The number of rotatable bonds is 7. The molecular formula is C25H28N4O3. The summed E-state index contributed by atoms with van der Waals surface area (Å²) in [6, 6.07) is 20.2. The maximum Gasteiger partial charge on any atom is 0.342 e. The van der Waals surface area contributed by atoms with E-state index in [4.69, 9.17) is 4.74 Å². The van der Waals surface area contributed by atoms with E-state index in [1.807, 2.05) is 48.5 Å². The van der Waals surface area contributed by atoms with Gasteiger partial charge in [-0.15, -0.1) is 0 Å². The van der Waals surface area contributed by atoms with Gasteiger partial charge >= 0.3 is 5.97 Å². The molecule has 0 N–H and O–H groups in total. The summed E-state index contributed by atoms with van der Waals surface area (Å²) in [6.45, 7) is 5.92. The van der Waals surface area contributed by atoms with Gasteiger partial charge in [0, 0.05) is 38.9 Å². The van der Waals surface area contributed by atoms with E-state index >= 15 is 0 Å². The second kappa shape index (κ2) is 10.2. The summed E-state index contributed by atoms with van der Waals surface area (Å²) in [7, 11) is 0. The molecule has 1 amide bonds. The lowest BCUT2D eigenvalue weighted by atomic mass is 10.2. The van der Waals surface area contributed by atoms with Gasteiger partial charge in [-0.25, -0.2) is 4.79 Å². The molecule has 0 bridgehead atoms. The maximum atomic E-state index is 12.8. The Balaban J connectivity index is 1.25. The molecule has 1 atom stereocenters. The van der Waals surface area contributed by atoms with Crippen LogP contribution in [0.2, 0.25) is 0 Å². The van der Waals surface area contributed by atoms with Crippen LogP contribution in [0.15, 0.2) is 73.1 Å². The first-order chi connectivity index (χ1) is 15.6. The van der Waals surface area contributed by atoms with Crippen molar-refractivity contribution in [3.05, 3.63) is 89.7 Å². The summed E-state index contributed by atoms with van der Waals surface area (Å²) in [6.07, 6.45) is 2.29. The standard InChI is InChI=1S/C25H28N4O3/c1-20(24(30)28-14-12-27(13-15-28)17-21-8-4-2-5-9-21)32-25(31)23-16-26-29(19-23)18-22-10-6-3-7-11-22/h2-11,16,19-20H,12-15,17-18H2,1H3. The van der Waals surface area contributed by atoms with Crippen molar-refractivity contribution in [1.29, 1.82) is 0 Å². The van der Waals surface area contributed by atoms with E-state index in [-0.39, 0.29) is 5.91 Å². The lowest BCUT2D eigenvalue weighted by Crippen LogP contribution is -2.51. The van der Waals surface area contributed by atoms with Crippen molar-refractivity contribution in [2.45, 2.75) is 26.1 Å². The van der Waals surface area contributed by atoms with Crippen molar-refractivity contribution in [2.24, 2.45) is 0 Å². The Morgan fingerprint density at radius 2 is 1.50 bits per heavy atom. The highest BCUT2D eigenvalue weighted by Gasteiger charge is 2.27. The molecule has 1 aliphatic rings. The molecule has 0 aliphatic carbocycles. The highest BCUT2D eigenvalue weighted by atomic mass is 16.5. The Bertz CT molecular complexity index is 1030. The van der Waals surface area contributed by atoms with Crippen LogP contribution in [0.25, 0.3) is 0 Å². The van der Waals surface area contributed by atoms with Crippen molar-refractivity contribution >= 4 is 11.9 Å². The fourth-order valence-electron chi connectivity index (χ4n) is 3.83. The third-order valence-corrected chi connectivity index (χ3v) is 5.62. The van der Waals surface area contributed by atoms with Gasteiger partial charge in [0.1, 0.15) is 0 Å². The lowest BCUT2D eigenvalue weighted by Gasteiger charge is -2.35. The molecule has 7 nitrogen and oxygen atoms in total. The molecule has 1 fully saturated rings. The van der Waals surface area contributed by atoms with Gasteiger partial charge in [-0.1, -0.05) is 60.7 Å². The monoisotopic (exact) mass is 432 g/mol. The van der Waals surface area contributed by atoms with Crippen LogP contribution < -0.4 is 0 Å². The third kappa shape index (κ3) is 5.62. The molecular weight excluding hydrogens is 404 g/mol. The van der Waals surface area contributed by atoms with E-state index in [1.165, 1.54) is 11.8 Å². The Kier molecular flexibility index (Phi) is 6.97. The van der Waals surface area contributed by atoms with Crippen LogP contribution in [0.3, 0.4) is 0 Å². The van der Waals surface area contributed by atoms with Gasteiger partial charge in [0.05, 0.1) is 18.3 Å². The summed E-state index contributed by atoms with van der Waals surface area (Å²) in [5.41, 5.74) is 2.70. The number of esters is 1. The quantitative estimate of drug-likeness (QED) is 0.537. The molecule has 4 rings (SSSR count). The zero-order chi connectivity index (χ0) is 22.3. The zero-order valence-corrected chi connectivity index (χ0v) is 18.3. The molecule has 3 aromatic rings. The molecule has 0 radical (unpaired) electrons. The van der Waals surface area contributed by atoms with Crippen LogP contribution in [0.1, 0.15) is 28.4 Å². The van der Waals surface area contributed by atoms with E-state index in [9.17, 15) is 9.59 Å². The largest absolute Gasteiger partial charge is 0.449 e. The Morgan fingerprint density at radius 3 is 2.12 bits per heavy atom. The van der Waals surface area contributed by atoms with E-state index in [1.54, 1.807) is 22.7 Å². The van der Waals surface area contributed by atoms with Gasteiger partial charge in [0.25, 0.3) is 5.91 Å².